The number of amides is 1. The smallest absolute Gasteiger partial charge is 0.248 e. The Balaban J connectivity index is 1.77. The maximum atomic E-state index is 11.1. The highest BCUT2D eigenvalue weighted by Crippen LogP contribution is 2.14. The molecule has 6 heteroatoms. The van der Waals surface area contributed by atoms with Crippen LogP contribution in [0.4, 0.5) is 5.69 Å². The third-order valence-corrected chi connectivity index (χ3v) is 3.31. The standard InChI is InChI=1S/C15H13ClN4O/c16-11-4-5-14-19-13(9-20(14)8-11)7-18-12-3-1-2-10(6-12)15(17)21/h1-6,8-9,18H,7H2,(H2,17,21). The summed E-state index contributed by atoms with van der Waals surface area (Å²) in [6.07, 6.45) is 3.72. The van der Waals surface area contributed by atoms with E-state index in [4.69, 9.17) is 17.3 Å². The number of nitrogens with two attached hydrogens (primary N) is 1. The Morgan fingerprint density at radius 2 is 2.14 bits per heavy atom. The van der Waals surface area contributed by atoms with Gasteiger partial charge in [0.15, 0.2) is 0 Å². The number of anilines is 1. The summed E-state index contributed by atoms with van der Waals surface area (Å²) >= 11 is 5.94. The molecular weight excluding hydrogens is 288 g/mol. The van der Waals surface area contributed by atoms with Crippen molar-refractivity contribution in [2.75, 3.05) is 5.32 Å². The van der Waals surface area contributed by atoms with E-state index in [0.717, 1.165) is 17.0 Å². The summed E-state index contributed by atoms with van der Waals surface area (Å²) in [6.45, 7) is 0.543. The van der Waals surface area contributed by atoms with Gasteiger partial charge in [0.2, 0.25) is 5.91 Å². The molecule has 106 valence electrons. The second-order valence-electron chi connectivity index (χ2n) is 4.64. The Morgan fingerprint density at radius 1 is 1.29 bits per heavy atom. The number of nitrogens with zero attached hydrogens (tertiary/aromatic N) is 2. The number of primary amides is 1. The highest BCUT2D eigenvalue weighted by molar-refractivity contribution is 6.30. The van der Waals surface area contributed by atoms with E-state index in [0.29, 0.717) is 17.1 Å². The predicted molar refractivity (Wildman–Crippen MR) is 82.5 cm³/mol. The molecule has 21 heavy (non-hydrogen) atoms. The van der Waals surface area contributed by atoms with Gasteiger partial charge in [-0.2, -0.15) is 0 Å². The first-order valence-electron chi connectivity index (χ1n) is 6.39. The number of fused-ring (bicyclic) bond motifs is 1. The van der Waals surface area contributed by atoms with E-state index in [-0.39, 0.29) is 0 Å². The average molecular weight is 301 g/mol. The zero-order chi connectivity index (χ0) is 14.8. The Morgan fingerprint density at radius 3 is 2.95 bits per heavy atom. The second kappa shape index (κ2) is 5.46. The van der Waals surface area contributed by atoms with Crippen molar-refractivity contribution in [1.29, 1.82) is 0 Å². The van der Waals surface area contributed by atoms with Crippen LogP contribution in [0.2, 0.25) is 5.02 Å². The molecule has 1 amide bonds. The summed E-state index contributed by atoms with van der Waals surface area (Å²) < 4.78 is 1.87. The fourth-order valence-corrected chi connectivity index (χ4v) is 2.25. The molecule has 0 atom stereocenters. The predicted octanol–water partition coefficient (Wildman–Crippen LogP) is 2.70. The number of nitrogens with one attached hydrogen (secondary N) is 1. The fourth-order valence-electron chi connectivity index (χ4n) is 2.08. The first-order valence-corrected chi connectivity index (χ1v) is 6.76. The minimum Gasteiger partial charge on any atom is -0.379 e. The van der Waals surface area contributed by atoms with Crippen molar-refractivity contribution >= 4 is 28.8 Å². The molecule has 0 bridgehead atoms. The van der Waals surface area contributed by atoms with Crippen LogP contribution in [-0.4, -0.2) is 15.3 Å². The molecule has 5 nitrogen and oxygen atoms in total. The van der Waals surface area contributed by atoms with Crippen LogP contribution >= 0.6 is 11.6 Å². The number of rotatable bonds is 4. The maximum Gasteiger partial charge on any atom is 0.248 e. The van der Waals surface area contributed by atoms with Crippen LogP contribution in [0.25, 0.3) is 5.65 Å². The number of benzene rings is 1. The fraction of sp³-hybridized carbons (Fsp3) is 0.0667. The van der Waals surface area contributed by atoms with E-state index >= 15 is 0 Å². The number of carbonyl (C=O) groups is 1. The number of pyridine rings is 1. The van der Waals surface area contributed by atoms with E-state index in [1.165, 1.54) is 0 Å². The van der Waals surface area contributed by atoms with Crippen LogP contribution in [0, 0.1) is 0 Å². The number of imidazole rings is 1. The van der Waals surface area contributed by atoms with Crippen molar-refractivity contribution in [2.24, 2.45) is 5.73 Å². The van der Waals surface area contributed by atoms with Crippen molar-refractivity contribution in [1.82, 2.24) is 9.38 Å². The average Bonchev–Trinajstić information content (AvgIpc) is 2.87. The van der Waals surface area contributed by atoms with Gasteiger partial charge in [-0.25, -0.2) is 4.98 Å². The molecule has 0 radical (unpaired) electrons. The second-order valence-corrected chi connectivity index (χ2v) is 5.08. The minimum absolute atomic E-state index is 0.443. The van der Waals surface area contributed by atoms with Gasteiger partial charge in [0, 0.05) is 23.6 Å². The van der Waals surface area contributed by atoms with Gasteiger partial charge in [-0.1, -0.05) is 17.7 Å². The van der Waals surface area contributed by atoms with Gasteiger partial charge in [-0.15, -0.1) is 0 Å². The van der Waals surface area contributed by atoms with Crippen LogP contribution in [0.5, 0.6) is 0 Å². The lowest BCUT2D eigenvalue weighted by Gasteiger charge is -2.05. The number of hydrogen-bond acceptors (Lipinski definition) is 3. The molecule has 0 unspecified atom stereocenters. The summed E-state index contributed by atoms with van der Waals surface area (Å²) in [5, 5.41) is 3.88. The first-order chi connectivity index (χ1) is 10.1. The normalized spacial score (nSPS) is 10.7. The van der Waals surface area contributed by atoms with Crippen molar-refractivity contribution in [3.05, 3.63) is 65.1 Å². The van der Waals surface area contributed by atoms with Crippen LogP contribution < -0.4 is 11.1 Å². The molecular formula is C15H13ClN4O. The van der Waals surface area contributed by atoms with E-state index < -0.39 is 5.91 Å². The third kappa shape index (κ3) is 2.98. The zero-order valence-corrected chi connectivity index (χ0v) is 11.8. The highest BCUT2D eigenvalue weighted by atomic mass is 35.5. The van der Waals surface area contributed by atoms with Crippen LogP contribution in [0.3, 0.4) is 0 Å². The van der Waals surface area contributed by atoms with Gasteiger partial charge in [-0.3, -0.25) is 4.79 Å². The molecule has 0 spiro atoms. The molecule has 0 aliphatic heterocycles. The number of halogens is 1. The van der Waals surface area contributed by atoms with E-state index in [1.807, 2.05) is 22.7 Å². The van der Waals surface area contributed by atoms with Gasteiger partial charge in [-0.05, 0) is 30.3 Å². The molecule has 3 rings (SSSR count). The topological polar surface area (TPSA) is 72.4 Å². The monoisotopic (exact) mass is 300 g/mol. The van der Waals surface area contributed by atoms with Crippen molar-refractivity contribution in [2.45, 2.75) is 6.54 Å². The largest absolute Gasteiger partial charge is 0.379 e. The zero-order valence-electron chi connectivity index (χ0n) is 11.1. The number of aromatic nitrogens is 2. The maximum absolute atomic E-state index is 11.1. The van der Waals surface area contributed by atoms with Crippen LogP contribution in [0.1, 0.15) is 16.1 Å². The summed E-state index contributed by atoms with van der Waals surface area (Å²) in [7, 11) is 0. The quantitative estimate of drug-likeness (QED) is 0.778. The van der Waals surface area contributed by atoms with Crippen LogP contribution in [-0.2, 0) is 6.54 Å². The van der Waals surface area contributed by atoms with Gasteiger partial charge in [0.05, 0.1) is 17.3 Å². The number of carbonyl (C=O) groups excluding carboxylic acids is 1. The van der Waals surface area contributed by atoms with E-state index in [9.17, 15) is 4.79 Å². The SMILES string of the molecule is NC(=O)c1cccc(NCc2cn3cc(Cl)ccc3n2)c1. The summed E-state index contributed by atoms with van der Waals surface area (Å²) in [5.74, 6) is -0.443. The van der Waals surface area contributed by atoms with Crippen molar-refractivity contribution < 1.29 is 4.79 Å². The van der Waals surface area contributed by atoms with Crippen molar-refractivity contribution in [3.8, 4) is 0 Å². The minimum atomic E-state index is -0.443. The molecule has 0 aliphatic carbocycles. The summed E-state index contributed by atoms with van der Waals surface area (Å²) in [4.78, 5) is 15.6. The highest BCUT2D eigenvalue weighted by Gasteiger charge is 2.04. The van der Waals surface area contributed by atoms with Crippen LogP contribution in [0.15, 0.2) is 48.8 Å². The van der Waals surface area contributed by atoms with Gasteiger partial charge >= 0.3 is 0 Å². The van der Waals surface area contributed by atoms with Gasteiger partial charge < -0.3 is 15.5 Å². The van der Waals surface area contributed by atoms with E-state index in [1.54, 1.807) is 30.5 Å². The lowest BCUT2D eigenvalue weighted by molar-refractivity contribution is 0.100. The van der Waals surface area contributed by atoms with Crippen molar-refractivity contribution in [3.63, 3.8) is 0 Å². The molecule has 2 aromatic heterocycles. The molecule has 2 heterocycles. The molecule has 0 fully saturated rings. The molecule has 0 saturated heterocycles. The van der Waals surface area contributed by atoms with Gasteiger partial charge in [0.1, 0.15) is 5.65 Å². The Hall–Kier alpha value is -2.53. The molecule has 3 aromatic rings. The summed E-state index contributed by atoms with van der Waals surface area (Å²) in [5.41, 5.74) is 8.27. The Bertz CT molecular complexity index is 812. The lowest BCUT2D eigenvalue weighted by atomic mass is 10.2. The number of hydrogen-bond donors (Lipinski definition) is 2. The van der Waals surface area contributed by atoms with Gasteiger partial charge in [0.25, 0.3) is 0 Å². The molecule has 0 saturated carbocycles. The molecule has 3 N–H and O–H groups in total. The lowest BCUT2D eigenvalue weighted by Crippen LogP contribution is -2.11. The third-order valence-electron chi connectivity index (χ3n) is 3.09. The Kier molecular flexibility index (Phi) is 3.50. The molecule has 1 aromatic carbocycles. The van der Waals surface area contributed by atoms with E-state index in [2.05, 4.69) is 10.3 Å². The summed E-state index contributed by atoms with van der Waals surface area (Å²) in [6, 6.07) is 10.7. The molecule has 0 aliphatic rings. The Labute approximate surface area is 126 Å². The first kappa shape index (κ1) is 13.5.